The van der Waals surface area contributed by atoms with Crippen LogP contribution in [0.5, 0.6) is 11.6 Å². The number of benzene rings is 1. The largest absolute Gasteiger partial charge is 0.497 e. The molecule has 278 valence electrons. The summed E-state index contributed by atoms with van der Waals surface area (Å²) in [4.78, 5) is 61.2. The van der Waals surface area contributed by atoms with E-state index in [1.54, 1.807) is 19.4 Å². The fraction of sp³-hybridized carbons (Fsp3) is 0.583. The highest BCUT2D eigenvalue weighted by atomic mass is 32.2. The summed E-state index contributed by atoms with van der Waals surface area (Å²) in [7, 11) is -2.32. The molecule has 5 atom stereocenters. The Kier molecular flexibility index (Phi) is 10.4. The Bertz CT molecular complexity index is 1820. The van der Waals surface area contributed by atoms with E-state index in [-0.39, 0.29) is 19.4 Å². The standard InChI is InChI=1S/C36H50N6O8S/c1-9-22-19-36(22,32(45)41-51(47,48)25-12-13-25)39-29(43)27-18-24(50-30-26-14-11-23(49-8)17-21(26)15-16-37-30)20-42(27)31(44)28(34(3,4)5)38-33(46)40-35(6,7)10-2/h9,11,14-17,22,24-25,27-28H,1,10,12-13,18-20H2,2-8H3,(H,39,43)(H,41,45)(H2,38,40,46)/t22-,24-,27+,28-,36-/m1/s1. The molecule has 1 aliphatic heterocycles. The van der Waals surface area contributed by atoms with Crippen molar-refractivity contribution in [3.63, 3.8) is 0 Å². The number of hydrogen-bond acceptors (Lipinski definition) is 9. The van der Waals surface area contributed by atoms with Crippen LogP contribution in [0.3, 0.4) is 0 Å². The number of likely N-dealkylation sites (tertiary alicyclic amines) is 1. The smallest absolute Gasteiger partial charge is 0.315 e. The number of hydrogen-bond donors (Lipinski definition) is 4. The molecular weight excluding hydrogens is 676 g/mol. The minimum absolute atomic E-state index is 0.0262. The number of fused-ring (bicyclic) bond motifs is 1. The lowest BCUT2D eigenvalue weighted by Gasteiger charge is -2.36. The van der Waals surface area contributed by atoms with Gasteiger partial charge in [-0.2, -0.15) is 0 Å². The maximum Gasteiger partial charge on any atom is 0.315 e. The van der Waals surface area contributed by atoms with Crippen LogP contribution in [0.15, 0.2) is 43.1 Å². The Hall–Kier alpha value is -4.40. The van der Waals surface area contributed by atoms with Gasteiger partial charge in [-0.15, -0.1) is 6.58 Å². The second-order valence-electron chi connectivity index (χ2n) is 15.5. The highest BCUT2D eigenvalue weighted by Crippen LogP contribution is 2.45. The Morgan fingerprint density at radius 1 is 1.14 bits per heavy atom. The fourth-order valence-corrected chi connectivity index (χ4v) is 7.64. The van der Waals surface area contributed by atoms with E-state index in [1.807, 2.05) is 59.7 Å². The third-order valence-corrected chi connectivity index (χ3v) is 11.9. The first-order valence-electron chi connectivity index (χ1n) is 17.3. The summed E-state index contributed by atoms with van der Waals surface area (Å²) >= 11 is 0. The summed E-state index contributed by atoms with van der Waals surface area (Å²) in [5, 5.41) is 9.42. The van der Waals surface area contributed by atoms with Crippen LogP contribution in [0.1, 0.15) is 73.6 Å². The van der Waals surface area contributed by atoms with Gasteiger partial charge in [0.2, 0.25) is 27.7 Å². The number of carbonyl (C=O) groups excluding carboxylic acids is 4. The van der Waals surface area contributed by atoms with Crippen molar-refractivity contribution in [2.24, 2.45) is 11.3 Å². The molecule has 1 saturated heterocycles. The van der Waals surface area contributed by atoms with Gasteiger partial charge in [0, 0.05) is 29.5 Å². The summed E-state index contributed by atoms with van der Waals surface area (Å²) in [6.45, 7) is 14.9. The number of urea groups is 1. The molecule has 51 heavy (non-hydrogen) atoms. The second kappa shape index (κ2) is 14.0. The lowest BCUT2D eigenvalue weighted by atomic mass is 9.85. The third kappa shape index (κ3) is 8.23. The SMILES string of the molecule is C=C[C@@H]1C[C@]1(NC(=O)[C@@H]1C[C@@H](Oc2nccc3cc(OC)ccc23)CN1C(=O)[C@@H](NC(=O)NC(C)(C)CC)C(C)(C)C)C(=O)NS(=O)(=O)C1CC1. The lowest BCUT2D eigenvalue weighted by molar-refractivity contribution is -0.142. The van der Waals surface area contributed by atoms with Gasteiger partial charge in [0.05, 0.1) is 18.9 Å². The minimum Gasteiger partial charge on any atom is -0.497 e. The summed E-state index contributed by atoms with van der Waals surface area (Å²) in [5.74, 6) is -1.56. The van der Waals surface area contributed by atoms with Crippen molar-refractivity contribution in [1.29, 1.82) is 0 Å². The molecule has 1 aromatic carbocycles. The topological polar surface area (TPSA) is 185 Å². The molecule has 5 amide bonds. The zero-order valence-electron chi connectivity index (χ0n) is 30.4. The highest BCUT2D eigenvalue weighted by Gasteiger charge is 2.62. The molecule has 15 heteroatoms. The molecule has 14 nitrogen and oxygen atoms in total. The fourth-order valence-electron chi connectivity index (χ4n) is 6.28. The van der Waals surface area contributed by atoms with Crippen LogP contribution in [0, 0.1) is 11.3 Å². The molecule has 5 rings (SSSR count). The van der Waals surface area contributed by atoms with Crippen LogP contribution in [-0.4, -0.2) is 90.2 Å². The van der Waals surface area contributed by atoms with Crippen molar-refractivity contribution in [2.75, 3.05) is 13.7 Å². The van der Waals surface area contributed by atoms with E-state index in [4.69, 9.17) is 9.47 Å². The Balaban J connectivity index is 1.44. The van der Waals surface area contributed by atoms with Gasteiger partial charge in [-0.05, 0) is 74.6 Å². The van der Waals surface area contributed by atoms with Gasteiger partial charge in [0.1, 0.15) is 29.5 Å². The van der Waals surface area contributed by atoms with Crippen molar-refractivity contribution >= 4 is 44.5 Å². The maximum absolute atomic E-state index is 14.5. The van der Waals surface area contributed by atoms with E-state index in [0.29, 0.717) is 36.3 Å². The van der Waals surface area contributed by atoms with Crippen molar-refractivity contribution in [3.8, 4) is 11.6 Å². The van der Waals surface area contributed by atoms with E-state index in [0.717, 1.165) is 5.39 Å². The van der Waals surface area contributed by atoms with Crippen molar-refractivity contribution < 1.29 is 37.1 Å². The number of pyridine rings is 1. The zero-order valence-corrected chi connectivity index (χ0v) is 31.2. The van der Waals surface area contributed by atoms with E-state index in [2.05, 4.69) is 32.2 Å². The van der Waals surface area contributed by atoms with Crippen molar-refractivity contribution in [1.82, 2.24) is 30.6 Å². The van der Waals surface area contributed by atoms with Crippen LogP contribution >= 0.6 is 0 Å². The van der Waals surface area contributed by atoms with Gasteiger partial charge in [0.25, 0.3) is 5.91 Å². The first-order valence-corrected chi connectivity index (χ1v) is 18.9. The summed E-state index contributed by atoms with van der Waals surface area (Å²) in [5.41, 5.74) is -2.85. The van der Waals surface area contributed by atoms with Gasteiger partial charge >= 0.3 is 6.03 Å². The monoisotopic (exact) mass is 726 g/mol. The van der Waals surface area contributed by atoms with Gasteiger partial charge in [-0.1, -0.05) is 33.8 Å². The molecule has 0 spiro atoms. The van der Waals surface area contributed by atoms with Gasteiger partial charge in [0.15, 0.2) is 0 Å². The number of rotatable bonds is 13. The Morgan fingerprint density at radius 3 is 2.43 bits per heavy atom. The summed E-state index contributed by atoms with van der Waals surface area (Å²) < 4.78 is 39.2. The van der Waals surface area contributed by atoms with Crippen LogP contribution in [-0.2, 0) is 24.4 Å². The molecule has 4 N–H and O–H groups in total. The predicted molar refractivity (Wildman–Crippen MR) is 191 cm³/mol. The number of amides is 5. The molecule has 1 aromatic heterocycles. The number of ether oxygens (including phenoxy) is 2. The van der Waals surface area contributed by atoms with E-state index in [1.165, 1.54) is 11.0 Å². The molecule has 3 aliphatic rings. The molecule has 2 saturated carbocycles. The van der Waals surface area contributed by atoms with Crippen molar-refractivity contribution in [3.05, 3.63) is 43.1 Å². The van der Waals surface area contributed by atoms with E-state index >= 15 is 0 Å². The molecule has 2 aromatic rings. The summed E-state index contributed by atoms with van der Waals surface area (Å²) in [6.07, 6.45) is 4.16. The number of sulfonamides is 1. The maximum atomic E-state index is 14.5. The van der Waals surface area contributed by atoms with Gasteiger partial charge in [-0.25, -0.2) is 18.2 Å². The first-order chi connectivity index (χ1) is 23.8. The van der Waals surface area contributed by atoms with E-state index < -0.39 is 79.6 Å². The number of nitrogens with zero attached hydrogens (tertiary/aromatic N) is 2. The number of nitrogens with one attached hydrogen (secondary N) is 4. The molecule has 2 heterocycles. The summed E-state index contributed by atoms with van der Waals surface area (Å²) in [6, 6.07) is 4.54. The second-order valence-corrected chi connectivity index (χ2v) is 17.5. The van der Waals surface area contributed by atoms with Crippen LogP contribution in [0.2, 0.25) is 0 Å². The number of methoxy groups -OCH3 is 1. The Morgan fingerprint density at radius 2 is 1.84 bits per heavy atom. The average molecular weight is 727 g/mol. The van der Waals surface area contributed by atoms with Crippen LogP contribution in [0.25, 0.3) is 10.8 Å². The van der Waals surface area contributed by atoms with Crippen LogP contribution < -0.4 is 30.1 Å². The molecule has 2 aliphatic carbocycles. The lowest BCUT2D eigenvalue weighted by Crippen LogP contribution is -2.61. The quantitative estimate of drug-likeness (QED) is 0.225. The average Bonchev–Trinajstić information content (AvgIpc) is 3.99. The predicted octanol–water partition coefficient (Wildman–Crippen LogP) is 3.16. The normalized spacial score (nSPS) is 23.9. The minimum atomic E-state index is -3.89. The highest BCUT2D eigenvalue weighted by molar-refractivity contribution is 7.91. The molecule has 3 fully saturated rings. The first kappa shape index (κ1) is 37.8. The number of carbonyl (C=O) groups is 4. The molecule has 0 radical (unpaired) electrons. The molecule has 0 unspecified atom stereocenters. The number of aromatic nitrogens is 1. The molecule has 0 bridgehead atoms. The van der Waals surface area contributed by atoms with Crippen LogP contribution in [0.4, 0.5) is 4.79 Å². The van der Waals surface area contributed by atoms with E-state index in [9.17, 15) is 27.6 Å². The van der Waals surface area contributed by atoms with Gasteiger partial charge in [-0.3, -0.25) is 19.1 Å². The van der Waals surface area contributed by atoms with Gasteiger partial charge < -0.3 is 30.3 Å². The van der Waals surface area contributed by atoms with Crippen molar-refractivity contribution in [2.45, 2.75) is 108 Å². The molecular formula is C36H50N6O8S. The zero-order chi connectivity index (χ0) is 37.5. The third-order valence-electron chi connectivity index (χ3n) is 10.0. The Labute approximate surface area is 299 Å².